The van der Waals surface area contributed by atoms with Crippen LogP contribution in [0.5, 0.6) is 5.75 Å². The van der Waals surface area contributed by atoms with Gasteiger partial charge in [-0.1, -0.05) is 29.8 Å². The monoisotopic (exact) mass is 617 g/mol. The van der Waals surface area contributed by atoms with E-state index in [1.54, 1.807) is 74.3 Å². The summed E-state index contributed by atoms with van der Waals surface area (Å²) < 4.78 is 37.3. The Bertz CT molecular complexity index is 1950. The van der Waals surface area contributed by atoms with E-state index >= 15 is 0 Å². The summed E-state index contributed by atoms with van der Waals surface area (Å²) in [7, 11) is -1.09. The number of halogens is 1. The van der Waals surface area contributed by atoms with Crippen molar-refractivity contribution in [3.8, 4) is 11.4 Å². The largest absolute Gasteiger partial charge is 0.497 e. The molecule has 5 aromatic rings. The number of benzene rings is 4. The minimum absolute atomic E-state index is 0.0664. The molecule has 3 N–H and O–H groups in total. The smallest absolute Gasteiger partial charge is 0.296 e. The molecule has 0 fully saturated rings. The number of anilines is 4. The molecule has 1 aromatic heterocycles. The van der Waals surface area contributed by atoms with Crippen molar-refractivity contribution in [1.29, 1.82) is 0 Å². The molecule has 0 saturated carbocycles. The van der Waals surface area contributed by atoms with Gasteiger partial charge in [0.05, 0.1) is 23.5 Å². The number of hydrogen-bond donors (Lipinski definition) is 3. The van der Waals surface area contributed by atoms with Gasteiger partial charge in [0.2, 0.25) is 0 Å². The molecule has 5 rings (SSSR count). The maximum absolute atomic E-state index is 13.4. The first-order chi connectivity index (χ1) is 20.6. The van der Waals surface area contributed by atoms with Crippen molar-refractivity contribution in [2.75, 3.05) is 22.5 Å². The normalized spacial score (nSPS) is 11.2. The van der Waals surface area contributed by atoms with Crippen LogP contribution < -0.4 is 25.7 Å². The molecule has 0 saturated heterocycles. The molecular weight excluding hydrogens is 590 g/mol. The molecule has 0 bridgehead atoms. The SMILES string of the molecule is COc1ccc(Nc2ccc(NC(=O)c3ccc(Cl)c(S(=O)(=O)Nc4c(C)n(C)n(-c5ccccc5)c4=O)c3)cc2)cc1. The number of methoxy groups -OCH3 is 1. The van der Waals surface area contributed by atoms with Crippen LogP contribution in [-0.2, 0) is 17.1 Å². The van der Waals surface area contributed by atoms with Gasteiger partial charge in [-0.05, 0) is 85.8 Å². The summed E-state index contributed by atoms with van der Waals surface area (Å²) in [4.78, 5) is 26.0. The lowest BCUT2D eigenvalue weighted by Gasteiger charge is -2.12. The molecule has 0 aliphatic carbocycles. The van der Waals surface area contributed by atoms with Crippen LogP contribution in [0.25, 0.3) is 5.69 Å². The van der Waals surface area contributed by atoms with Crippen LogP contribution in [0.4, 0.5) is 22.7 Å². The van der Waals surface area contributed by atoms with Crippen LogP contribution in [-0.4, -0.2) is 30.8 Å². The lowest BCUT2D eigenvalue weighted by molar-refractivity contribution is 0.102. The topological polar surface area (TPSA) is 123 Å². The summed E-state index contributed by atoms with van der Waals surface area (Å²) in [5.74, 6) is 0.213. The highest BCUT2D eigenvalue weighted by molar-refractivity contribution is 7.92. The Morgan fingerprint density at radius 3 is 2.09 bits per heavy atom. The third kappa shape index (κ3) is 6.27. The first-order valence-corrected chi connectivity index (χ1v) is 14.9. The van der Waals surface area contributed by atoms with Gasteiger partial charge in [-0.3, -0.25) is 19.0 Å². The molecule has 0 radical (unpaired) electrons. The van der Waals surface area contributed by atoms with Gasteiger partial charge < -0.3 is 15.4 Å². The molecule has 0 aliphatic rings. The highest BCUT2D eigenvalue weighted by Crippen LogP contribution is 2.27. The number of sulfonamides is 1. The van der Waals surface area contributed by atoms with Crippen LogP contribution in [0.15, 0.2) is 107 Å². The molecule has 0 aliphatic heterocycles. The van der Waals surface area contributed by atoms with Crippen LogP contribution in [0.3, 0.4) is 0 Å². The molecule has 0 atom stereocenters. The number of nitrogens with one attached hydrogen (secondary N) is 3. The van der Waals surface area contributed by atoms with Crippen LogP contribution in [0.2, 0.25) is 5.02 Å². The maximum Gasteiger partial charge on any atom is 0.296 e. The summed E-state index contributed by atoms with van der Waals surface area (Å²) in [6, 6.07) is 27.2. The fourth-order valence-electron chi connectivity index (χ4n) is 4.41. The Morgan fingerprint density at radius 2 is 1.47 bits per heavy atom. The maximum atomic E-state index is 13.4. The first kappa shape index (κ1) is 29.5. The summed E-state index contributed by atoms with van der Waals surface area (Å²) >= 11 is 6.27. The molecule has 1 heterocycles. The molecule has 10 nitrogen and oxygen atoms in total. The predicted octanol–water partition coefficient (Wildman–Crippen LogP) is 5.94. The Balaban J connectivity index is 1.34. The van der Waals surface area contributed by atoms with E-state index < -0.39 is 21.5 Å². The number of carbonyl (C=O) groups is 1. The minimum Gasteiger partial charge on any atom is -0.497 e. The molecule has 12 heteroatoms. The summed E-state index contributed by atoms with van der Waals surface area (Å²) in [6.45, 7) is 1.63. The van der Waals surface area contributed by atoms with Crippen LogP contribution >= 0.6 is 11.6 Å². The number of amides is 1. The van der Waals surface area contributed by atoms with Crippen molar-refractivity contribution in [2.45, 2.75) is 11.8 Å². The van der Waals surface area contributed by atoms with Gasteiger partial charge in [0.1, 0.15) is 16.3 Å². The van der Waals surface area contributed by atoms with E-state index in [1.807, 2.05) is 30.3 Å². The van der Waals surface area contributed by atoms with Crippen molar-refractivity contribution in [2.24, 2.45) is 7.05 Å². The second-order valence-corrected chi connectivity index (χ2v) is 11.6. The number of rotatable bonds is 9. The van der Waals surface area contributed by atoms with E-state index in [1.165, 1.54) is 22.9 Å². The molecule has 4 aromatic carbocycles. The number of carbonyl (C=O) groups excluding carboxylic acids is 1. The second-order valence-electron chi connectivity index (χ2n) is 9.57. The van der Waals surface area contributed by atoms with Gasteiger partial charge in [0.15, 0.2) is 0 Å². The zero-order valence-corrected chi connectivity index (χ0v) is 25.0. The standard InChI is InChI=1S/C31H28ClN5O5S/c1-20-29(31(39)37(36(20)2)25-7-5-4-6-8-25)35-43(40,41)28-19-21(9-18-27(28)32)30(38)34-24-12-10-22(11-13-24)33-23-14-16-26(42-3)17-15-23/h4-19,33,35H,1-3H3,(H,34,38). The lowest BCUT2D eigenvalue weighted by atomic mass is 10.2. The average Bonchev–Trinajstić information content (AvgIpc) is 3.21. The van der Waals surface area contributed by atoms with E-state index in [4.69, 9.17) is 16.3 Å². The van der Waals surface area contributed by atoms with Crippen LogP contribution in [0.1, 0.15) is 16.1 Å². The van der Waals surface area contributed by atoms with Gasteiger partial charge in [0, 0.05) is 29.7 Å². The molecular formula is C31H28ClN5O5S. The molecule has 0 unspecified atom stereocenters. The number of ether oxygens (including phenoxy) is 1. The predicted molar refractivity (Wildman–Crippen MR) is 169 cm³/mol. The van der Waals surface area contributed by atoms with E-state index in [9.17, 15) is 18.0 Å². The fraction of sp³-hybridized carbons (Fsp3) is 0.0968. The second kappa shape index (κ2) is 12.1. The highest BCUT2D eigenvalue weighted by Gasteiger charge is 2.25. The van der Waals surface area contributed by atoms with Crippen molar-refractivity contribution in [3.63, 3.8) is 0 Å². The van der Waals surface area contributed by atoms with E-state index in [0.717, 1.165) is 17.1 Å². The third-order valence-corrected chi connectivity index (χ3v) is 8.63. The van der Waals surface area contributed by atoms with Gasteiger partial charge in [-0.2, -0.15) is 0 Å². The Hall–Kier alpha value is -5.00. The third-order valence-electron chi connectivity index (χ3n) is 6.80. The first-order valence-electron chi connectivity index (χ1n) is 13.1. The number of aromatic nitrogens is 2. The minimum atomic E-state index is -4.35. The molecule has 43 heavy (non-hydrogen) atoms. The van der Waals surface area contributed by atoms with Gasteiger partial charge in [-0.15, -0.1) is 0 Å². The number of nitrogens with zero attached hydrogens (tertiary/aromatic N) is 2. The Labute approximate surface area is 253 Å². The van der Waals surface area contributed by atoms with Crippen molar-refractivity contribution >= 4 is 50.3 Å². The number of para-hydroxylation sites is 1. The van der Waals surface area contributed by atoms with Crippen molar-refractivity contribution in [3.05, 3.63) is 124 Å². The quantitative estimate of drug-likeness (QED) is 0.188. The van der Waals surface area contributed by atoms with Crippen molar-refractivity contribution in [1.82, 2.24) is 9.36 Å². The average molecular weight is 618 g/mol. The van der Waals surface area contributed by atoms with Gasteiger partial charge in [0.25, 0.3) is 21.5 Å². The Morgan fingerprint density at radius 1 is 0.860 bits per heavy atom. The van der Waals surface area contributed by atoms with Gasteiger partial charge >= 0.3 is 0 Å². The lowest BCUT2D eigenvalue weighted by Crippen LogP contribution is -2.23. The zero-order chi connectivity index (χ0) is 30.7. The van der Waals surface area contributed by atoms with Crippen molar-refractivity contribution < 1.29 is 17.9 Å². The Kier molecular flexibility index (Phi) is 8.29. The fourth-order valence-corrected chi connectivity index (χ4v) is 6.05. The van der Waals surface area contributed by atoms with E-state index in [-0.39, 0.29) is 21.2 Å². The summed E-state index contributed by atoms with van der Waals surface area (Å²) in [6.07, 6.45) is 0. The van der Waals surface area contributed by atoms with E-state index in [0.29, 0.717) is 17.1 Å². The van der Waals surface area contributed by atoms with E-state index in [2.05, 4.69) is 15.4 Å². The summed E-state index contributed by atoms with van der Waals surface area (Å²) in [5, 5.41) is 5.92. The van der Waals surface area contributed by atoms with Crippen LogP contribution in [0, 0.1) is 6.92 Å². The highest BCUT2D eigenvalue weighted by atomic mass is 35.5. The van der Waals surface area contributed by atoms with Gasteiger partial charge in [-0.25, -0.2) is 13.1 Å². The zero-order valence-electron chi connectivity index (χ0n) is 23.5. The summed E-state index contributed by atoms with van der Waals surface area (Å²) in [5.41, 5.74) is 2.53. The number of hydrogen-bond acceptors (Lipinski definition) is 6. The molecule has 220 valence electrons. The molecule has 1 amide bonds. The molecule has 0 spiro atoms.